The molecule has 1 nitrogen and oxygen atoms in total. The summed E-state index contributed by atoms with van der Waals surface area (Å²) in [5.41, 5.74) is 0.555. The van der Waals surface area contributed by atoms with E-state index in [1.54, 1.807) is 0 Å². The maximum Gasteiger partial charge on any atom is 0.00684 e. The van der Waals surface area contributed by atoms with Gasteiger partial charge in [-0.05, 0) is 31.1 Å². The molecule has 0 radical (unpaired) electrons. The van der Waals surface area contributed by atoms with Crippen molar-refractivity contribution in [3.8, 4) is 0 Å². The van der Waals surface area contributed by atoms with Crippen molar-refractivity contribution in [2.24, 2.45) is 5.41 Å². The van der Waals surface area contributed by atoms with Crippen LogP contribution in [0.3, 0.4) is 0 Å². The van der Waals surface area contributed by atoms with Crippen molar-refractivity contribution < 1.29 is 0 Å². The van der Waals surface area contributed by atoms with Gasteiger partial charge in [0.05, 0.1) is 0 Å². The predicted octanol–water partition coefficient (Wildman–Crippen LogP) is 6.08. The molecule has 1 N–H and O–H groups in total. The Kier molecular flexibility index (Phi) is 9.59. The summed E-state index contributed by atoms with van der Waals surface area (Å²) >= 11 is 0. The third-order valence-corrected chi connectivity index (χ3v) is 4.88. The molecule has 120 valence electrons. The van der Waals surface area contributed by atoms with Crippen LogP contribution in [0.4, 0.5) is 0 Å². The molecule has 1 fully saturated rings. The van der Waals surface area contributed by atoms with Gasteiger partial charge in [-0.15, -0.1) is 0 Å². The van der Waals surface area contributed by atoms with Gasteiger partial charge in [0.2, 0.25) is 0 Å². The van der Waals surface area contributed by atoms with Crippen LogP contribution in [0.1, 0.15) is 104 Å². The van der Waals surface area contributed by atoms with Crippen molar-refractivity contribution in [3.05, 3.63) is 0 Å². The van der Waals surface area contributed by atoms with Crippen molar-refractivity contribution in [2.75, 3.05) is 6.54 Å². The Hall–Kier alpha value is -0.0400. The number of unbranched alkanes of at least 4 members (excludes halogenated alkanes) is 7. The molecule has 0 aromatic heterocycles. The van der Waals surface area contributed by atoms with E-state index >= 15 is 0 Å². The third-order valence-electron chi connectivity index (χ3n) is 4.88. The van der Waals surface area contributed by atoms with Gasteiger partial charge < -0.3 is 5.32 Å². The van der Waals surface area contributed by atoms with Gasteiger partial charge in [0.1, 0.15) is 0 Å². The molecule has 1 rings (SSSR count). The minimum Gasteiger partial charge on any atom is -0.313 e. The summed E-state index contributed by atoms with van der Waals surface area (Å²) in [6.07, 6.45) is 18.5. The first-order chi connectivity index (χ1) is 9.70. The highest BCUT2D eigenvalue weighted by molar-refractivity contribution is 4.85. The maximum absolute atomic E-state index is 3.76. The van der Waals surface area contributed by atoms with Crippen LogP contribution >= 0.6 is 0 Å². The average molecular weight is 282 g/mol. The quantitative estimate of drug-likeness (QED) is 0.381. The van der Waals surface area contributed by atoms with Gasteiger partial charge in [0.15, 0.2) is 0 Å². The lowest BCUT2D eigenvalue weighted by Crippen LogP contribution is -2.33. The summed E-state index contributed by atoms with van der Waals surface area (Å²) in [5, 5.41) is 3.76. The molecule has 1 heteroatoms. The zero-order chi connectivity index (χ0) is 14.7. The third kappa shape index (κ3) is 9.00. The number of rotatable bonds is 14. The summed E-state index contributed by atoms with van der Waals surface area (Å²) in [6, 6.07) is 0.866. The van der Waals surface area contributed by atoms with Crippen LogP contribution in [0.5, 0.6) is 0 Å². The smallest absolute Gasteiger partial charge is 0.00684 e. The Bertz CT molecular complexity index is 222. The molecule has 20 heavy (non-hydrogen) atoms. The van der Waals surface area contributed by atoms with Crippen molar-refractivity contribution in [2.45, 2.75) is 110 Å². The van der Waals surface area contributed by atoms with E-state index < -0.39 is 0 Å². The molecule has 1 unspecified atom stereocenters. The first kappa shape index (κ1) is 18.0. The summed E-state index contributed by atoms with van der Waals surface area (Å²) in [6.45, 7) is 8.39. The first-order valence-electron chi connectivity index (χ1n) is 9.43. The summed E-state index contributed by atoms with van der Waals surface area (Å²) in [7, 11) is 0. The van der Waals surface area contributed by atoms with Gasteiger partial charge in [0.25, 0.3) is 0 Å². The molecule has 0 heterocycles. The molecule has 1 aliphatic carbocycles. The second kappa shape index (κ2) is 10.7. The van der Waals surface area contributed by atoms with Crippen LogP contribution in [-0.2, 0) is 0 Å². The van der Waals surface area contributed by atoms with Crippen molar-refractivity contribution in [3.63, 3.8) is 0 Å². The molecule has 0 aromatic rings. The lowest BCUT2D eigenvalue weighted by atomic mass is 9.80. The van der Waals surface area contributed by atoms with Crippen LogP contribution < -0.4 is 5.32 Å². The largest absolute Gasteiger partial charge is 0.313 e. The Balaban J connectivity index is 2.02. The molecule has 1 atom stereocenters. The molecule has 0 aromatic carbocycles. The molecule has 0 saturated heterocycles. The first-order valence-corrected chi connectivity index (χ1v) is 9.43. The highest BCUT2D eigenvalue weighted by atomic mass is 15.0. The van der Waals surface area contributed by atoms with Crippen LogP contribution in [0.2, 0.25) is 0 Å². The van der Waals surface area contributed by atoms with Crippen molar-refractivity contribution in [1.29, 1.82) is 0 Å². The molecular formula is C19H39N. The van der Waals surface area contributed by atoms with Crippen LogP contribution in [0.15, 0.2) is 0 Å². The van der Waals surface area contributed by atoms with Gasteiger partial charge in [-0.25, -0.2) is 0 Å². The molecule has 0 bridgehead atoms. The number of hydrogen-bond donors (Lipinski definition) is 1. The van der Waals surface area contributed by atoms with Crippen LogP contribution in [-0.4, -0.2) is 12.6 Å². The lowest BCUT2D eigenvalue weighted by molar-refractivity contribution is 0.245. The normalized spacial score (nSPS) is 18.1. The highest BCUT2D eigenvalue weighted by Gasteiger charge is 2.27. The van der Waals surface area contributed by atoms with Gasteiger partial charge in [-0.2, -0.15) is 0 Å². The van der Waals surface area contributed by atoms with E-state index in [-0.39, 0.29) is 0 Å². The molecule has 0 amide bonds. The van der Waals surface area contributed by atoms with Crippen molar-refractivity contribution in [1.82, 2.24) is 5.32 Å². The number of nitrogens with one attached hydrogen (secondary N) is 1. The Morgan fingerprint density at radius 3 is 1.95 bits per heavy atom. The monoisotopic (exact) mass is 281 g/mol. The van der Waals surface area contributed by atoms with Crippen molar-refractivity contribution >= 4 is 0 Å². The van der Waals surface area contributed by atoms with Crippen LogP contribution in [0.25, 0.3) is 0 Å². The molecule has 1 saturated carbocycles. The summed E-state index contributed by atoms with van der Waals surface area (Å²) in [4.78, 5) is 0. The van der Waals surface area contributed by atoms with Gasteiger partial charge in [0, 0.05) is 12.6 Å². The minimum atomic E-state index is 0.555. The minimum absolute atomic E-state index is 0.555. The highest BCUT2D eigenvalue weighted by Crippen LogP contribution is 2.31. The average Bonchev–Trinajstić information content (AvgIpc) is 3.24. The van der Waals surface area contributed by atoms with E-state index in [4.69, 9.17) is 0 Å². The van der Waals surface area contributed by atoms with E-state index in [2.05, 4.69) is 26.1 Å². The van der Waals surface area contributed by atoms with Gasteiger partial charge >= 0.3 is 0 Å². The summed E-state index contributed by atoms with van der Waals surface area (Å²) < 4.78 is 0. The Morgan fingerprint density at radius 1 is 0.800 bits per heavy atom. The second-order valence-corrected chi connectivity index (χ2v) is 7.44. The fourth-order valence-electron chi connectivity index (χ4n) is 3.27. The van der Waals surface area contributed by atoms with E-state index in [1.165, 1.54) is 90.0 Å². The van der Waals surface area contributed by atoms with Crippen LogP contribution in [0, 0.1) is 5.41 Å². The number of hydrogen-bond acceptors (Lipinski definition) is 1. The SMILES string of the molecule is CCCCCCCCCCC(C)(CCC)CNC1CC1. The maximum atomic E-state index is 3.76. The van der Waals surface area contributed by atoms with E-state index in [0.29, 0.717) is 5.41 Å². The standard InChI is InChI=1S/C19H39N/c1-4-6-7-8-9-10-11-12-16-19(3,15-5-2)17-20-18-13-14-18/h18,20H,4-17H2,1-3H3. The fraction of sp³-hybridized carbons (Fsp3) is 1.00. The predicted molar refractivity (Wildman–Crippen MR) is 91.3 cm³/mol. The molecule has 0 aliphatic heterocycles. The topological polar surface area (TPSA) is 12.0 Å². The summed E-state index contributed by atoms with van der Waals surface area (Å²) in [5.74, 6) is 0. The Morgan fingerprint density at radius 2 is 1.40 bits per heavy atom. The van der Waals surface area contributed by atoms with E-state index in [1.807, 2.05) is 0 Å². The zero-order valence-corrected chi connectivity index (χ0v) is 14.5. The fourth-order valence-corrected chi connectivity index (χ4v) is 3.27. The zero-order valence-electron chi connectivity index (χ0n) is 14.5. The molecule has 0 spiro atoms. The van der Waals surface area contributed by atoms with Gasteiger partial charge in [-0.1, -0.05) is 78.6 Å². The Labute approximate surface area is 128 Å². The van der Waals surface area contributed by atoms with E-state index in [9.17, 15) is 0 Å². The lowest BCUT2D eigenvalue weighted by Gasteiger charge is -2.30. The molecular weight excluding hydrogens is 242 g/mol. The van der Waals surface area contributed by atoms with Gasteiger partial charge in [-0.3, -0.25) is 0 Å². The molecule has 1 aliphatic rings. The van der Waals surface area contributed by atoms with E-state index in [0.717, 1.165) is 6.04 Å². The second-order valence-electron chi connectivity index (χ2n) is 7.44.